The number of hydrogen-bond donors (Lipinski definition) is 0. The lowest BCUT2D eigenvalue weighted by atomic mass is 9.74. The fraction of sp³-hybridized carbons (Fsp3) is 1.00. The first-order valence-electron chi connectivity index (χ1n) is 6.77. The van der Waals surface area contributed by atoms with E-state index in [1.165, 1.54) is 51.4 Å². The minimum atomic E-state index is 0.993. The molecule has 0 nitrogen and oxygen atoms in total. The third kappa shape index (κ3) is 3.63. The van der Waals surface area contributed by atoms with E-state index in [0.29, 0.717) is 0 Å². The van der Waals surface area contributed by atoms with Crippen LogP contribution in [0.3, 0.4) is 0 Å². The first kappa shape index (κ1) is 12.1. The van der Waals surface area contributed by atoms with Gasteiger partial charge in [0.2, 0.25) is 0 Å². The zero-order valence-electron chi connectivity index (χ0n) is 10.4. The molecule has 84 valence electrons. The maximum atomic E-state index is 2.48. The standard InChI is InChI=1S/C14H28/c1-4-6-7-12(3)14-10-8-13(5-2)9-11-14/h12-14H,4-11H2,1-3H3. The summed E-state index contributed by atoms with van der Waals surface area (Å²) in [6.45, 7) is 7.14. The first-order valence-corrected chi connectivity index (χ1v) is 6.77. The molecule has 1 aliphatic carbocycles. The highest BCUT2D eigenvalue weighted by Crippen LogP contribution is 2.36. The average molecular weight is 196 g/mol. The van der Waals surface area contributed by atoms with E-state index in [1.54, 1.807) is 0 Å². The maximum Gasteiger partial charge on any atom is -0.0388 e. The highest BCUT2D eigenvalue weighted by atomic mass is 14.3. The molecule has 0 radical (unpaired) electrons. The Labute approximate surface area is 90.5 Å². The fourth-order valence-electron chi connectivity index (χ4n) is 2.93. The number of hydrogen-bond acceptors (Lipinski definition) is 0. The van der Waals surface area contributed by atoms with Gasteiger partial charge in [-0.2, -0.15) is 0 Å². The second-order valence-electron chi connectivity index (χ2n) is 5.31. The average Bonchev–Trinajstić information content (AvgIpc) is 2.26. The van der Waals surface area contributed by atoms with Crippen molar-refractivity contribution in [3.8, 4) is 0 Å². The predicted octanol–water partition coefficient (Wildman–Crippen LogP) is 5.03. The summed E-state index contributed by atoms with van der Waals surface area (Å²) in [6.07, 6.45) is 11.7. The van der Waals surface area contributed by atoms with Crippen LogP contribution < -0.4 is 0 Å². The molecule has 0 aliphatic heterocycles. The molecule has 0 saturated heterocycles. The SMILES string of the molecule is CCCCC(C)C1CCC(CC)CC1. The van der Waals surface area contributed by atoms with Crippen LogP contribution in [0.4, 0.5) is 0 Å². The Balaban J connectivity index is 2.19. The largest absolute Gasteiger partial charge is 0.0654 e. The quantitative estimate of drug-likeness (QED) is 0.578. The van der Waals surface area contributed by atoms with Crippen molar-refractivity contribution in [3.05, 3.63) is 0 Å². The normalized spacial score (nSPS) is 30.2. The molecular formula is C14H28. The van der Waals surface area contributed by atoms with Crippen LogP contribution in [-0.2, 0) is 0 Å². The van der Waals surface area contributed by atoms with E-state index in [0.717, 1.165) is 17.8 Å². The zero-order valence-corrected chi connectivity index (χ0v) is 10.4. The van der Waals surface area contributed by atoms with E-state index < -0.39 is 0 Å². The third-order valence-corrected chi connectivity index (χ3v) is 4.29. The summed E-state index contributed by atoms with van der Waals surface area (Å²) in [6, 6.07) is 0. The maximum absolute atomic E-state index is 2.48. The molecule has 1 aliphatic rings. The van der Waals surface area contributed by atoms with Crippen LogP contribution in [0, 0.1) is 17.8 Å². The summed E-state index contributed by atoms with van der Waals surface area (Å²) in [4.78, 5) is 0. The molecule has 0 aromatic carbocycles. The number of unbranched alkanes of at least 4 members (excludes halogenated alkanes) is 1. The van der Waals surface area contributed by atoms with Gasteiger partial charge >= 0.3 is 0 Å². The lowest BCUT2D eigenvalue weighted by Crippen LogP contribution is -2.19. The Morgan fingerprint density at radius 2 is 1.71 bits per heavy atom. The molecule has 1 rings (SSSR count). The summed E-state index contributed by atoms with van der Waals surface area (Å²) < 4.78 is 0. The summed E-state index contributed by atoms with van der Waals surface area (Å²) in [5, 5.41) is 0. The molecule has 0 bridgehead atoms. The van der Waals surface area contributed by atoms with Crippen molar-refractivity contribution in [2.24, 2.45) is 17.8 Å². The Bertz CT molecular complexity index is 131. The molecule has 1 unspecified atom stereocenters. The lowest BCUT2D eigenvalue weighted by Gasteiger charge is -2.31. The predicted molar refractivity (Wildman–Crippen MR) is 64.4 cm³/mol. The van der Waals surface area contributed by atoms with Crippen molar-refractivity contribution in [2.75, 3.05) is 0 Å². The lowest BCUT2D eigenvalue weighted by molar-refractivity contribution is 0.202. The van der Waals surface area contributed by atoms with E-state index in [-0.39, 0.29) is 0 Å². The van der Waals surface area contributed by atoms with Crippen LogP contribution in [-0.4, -0.2) is 0 Å². The van der Waals surface area contributed by atoms with Crippen LogP contribution in [0.5, 0.6) is 0 Å². The van der Waals surface area contributed by atoms with Crippen LogP contribution >= 0.6 is 0 Å². The van der Waals surface area contributed by atoms with E-state index in [4.69, 9.17) is 0 Å². The van der Waals surface area contributed by atoms with Gasteiger partial charge < -0.3 is 0 Å². The Kier molecular flexibility index (Phi) is 5.59. The van der Waals surface area contributed by atoms with Crippen molar-refractivity contribution in [3.63, 3.8) is 0 Å². The van der Waals surface area contributed by atoms with Gasteiger partial charge in [-0.25, -0.2) is 0 Å². The second-order valence-corrected chi connectivity index (χ2v) is 5.31. The second kappa shape index (κ2) is 6.48. The zero-order chi connectivity index (χ0) is 10.4. The van der Waals surface area contributed by atoms with Crippen LogP contribution in [0.15, 0.2) is 0 Å². The van der Waals surface area contributed by atoms with E-state index in [9.17, 15) is 0 Å². The molecule has 1 atom stereocenters. The van der Waals surface area contributed by atoms with Gasteiger partial charge in [0.15, 0.2) is 0 Å². The topological polar surface area (TPSA) is 0 Å². The molecule has 0 aromatic rings. The minimum Gasteiger partial charge on any atom is -0.0654 e. The third-order valence-electron chi connectivity index (χ3n) is 4.29. The van der Waals surface area contributed by atoms with E-state index in [2.05, 4.69) is 20.8 Å². The molecule has 0 heterocycles. The molecular weight excluding hydrogens is 168 g/mol. The fourth-order valence-corrected chi connectivity index (χ4v) is 2.93. The molecule has 0 spiro atoms. The van der Waals surface area contributed by atoms with Crippen molar-refractivity contribution in [1.29, 1.82) is 0 Å². The summed E-state index contributed by atoms with van der Waals surface area (Å²) in [7, 11) is 0. The van der Waals surface area contributed by atoms with Gasteiger partial charge in [0, 0.05) is 0 Å². The van der Waals surface area contributed by atoms with Gasteiger partial charge in [0.1, 0.15) is 0 Å². The Morgan fingerprint density at radius 1 is 1.07 bits per heavy atom. The summed E-state index contributed by atoms with van der Waals surface area (Å²) in [5.74, 6) is 3.11. The van der Waals surface area contributed by atoms with Crippen molar-refractivity contribution < 1.29 is 0 Å². The molecule has 14 heavy (non-hydrogen) atoms. The highest BCUT2D eigenvalue weighted by Gasteiger charge is 2.23. The van der Waals surface area contributed by atoms with Gasteiger partial charge in [0.05, 0.1) is 0 Å². The molecule has 0 aromatic heterocycles. The van der Waals surface area contributed by atoms with Gasteiger partial charge in [-0.3, -0.25) is 0 Å². The minimum absolute atomic E-state index is 0.993. The monoisotopic (exact) mass is 196 g/mol. The molecule has 0 amide bonds. The first-order chi connectivity index (χ1) is 6.77. The van der Waals surface area contributed by atoms with E-state index >= 15 is 0 Å². The van der Waals surface area contributed by atoms with Gasteiger partial charge in [-0.05, 0) is 30.6 Å². The Morgan fingerprint density at radius 3 is 2.21 bits per heavy atom. The van der Waals surface area contributed by atoms with Crippen LogP contribution in [0.25, 0.3) is 0 Å². The summed E-state index contributed by atoms with van der Waals surface area (Å²) >= 11 is 0. The van der Waals surface area contributed by atoms with Crippen molar-refractivity contribution >= 4 is 0 Å². The highest BCUT2D eigenvalue weighted by molar-refractivity contribution is 4.75. The van der Waals surface area contributed by atoms with E-state index in [1.807, 2.05) is 0 Å². The van der Waals surface area contributed by atoms with Crippen molar-refractivity contribution in [1.82, 2.24) is 0 Å². The van der Waals surface area contributed by atoms with Gasteiger partial charge in [-0.1, -0.05) is 59.3 Å². The molecule has 0 N–H and O–H groups in total. The van der Waals surface area contributed by atoms with Gasteiger partial charge in [0.25, 0.3) is 0 Å². The Hall–Kier alpha value is 0. The number of rotatable bonds is 5. The van der Waals surface area contributed by atoms with Crippen molar-refractivity contribution in [2.45, 2.75) is 72.1 Å². The van der Waals surface area contributed by atoms with Gasteiger partial charge in [-0.15, -0.1) is 0 Å². The van der Waals surface area contributed by atoms with Crippen LogP contribution in [0.1, 0.15) is 72.1 Å². The molecule has 0 heteroatoms. The van der Waals surface area contributed by atoms with Crippen LogP contribution in [0.2, 0.25) is 0 Å². The molecule has 1 fully saturated rings. The summed E-state index contributed by atoms with van der Waals surface area (Å²) in [5.41, 5.74) is 0. The smallest absolute Gasteiger partial charge is 0.0388 e. The molecule has 1 saturated carbocycles.